The standard InChI is InChI=1S/C19H20N4O2S/c1-24-16-10-9-15(17(12-16)25-2)13-20-23-18(21-22-19(23)26)11-8-14-6-4-3-5-7-14/h3-7,9-10,12-13H,8,11H2,1-2H3,(H,22,26)/b20-13-. The van der Waals surface area contributed by atoms with Crippen LogP contribution in [-0.2, 0) is 12.8 Å². The fraction of sp³-hybridized carbons (Fsp3) is 0.211. The van der Waals surface area contributed by atoms with E-state index in [1.165, 1.54) is 5.56 Å². The molecule has 0 radical (unpaired) electrons. The Morgan fingerprint density at radius 1 is 1.12 bits per heavy atom. The van der Waals surface area contributed by atoms with Crippen molar-refractivity contribution in [3.63, 3.8) is 0 Å². The molecule has 0 spiro atoms. The Labute approximate surface area is 157 Å². The van der Waals surface area contributed by atoms with E-state index in [9.17, 15) is 0 Å². The summed E-state index contributed by atoms with van der Waals surface area (Å²) in [5, 5.41) is 11.6. The topological polar surface area (TPSA) is 64.4 Å². The Balaban J connectivity index is 1.81. The van der Waals surface area contributed by atoms with Crippen LogP contribution in [0, 0.1) is 4.77 Å². The van der Waals surface area contributed by atoms with E-state index in [2.05, 4.69) is 27.4 Å². The Hall–Kier alpha value is -2.93. The van der Waals surface area contributed by atoms with Gasteiger partial charge in [0.05, 0.1) is 20.4 Å². The number of benzene rings is 2. The number of aromatic nitrogens is 3. The van der Waals surface area contributed by atoms with E-state index in [0.29, 0.717) is 10.5 Å². The molecular weight excluding hydrogens is 348 g/mol. The molecule has 0 saturated carbocycles. The smallest absolute Gasteiger partial charge is 0.216 e. The SMILES string of the molecule is COc1ccc(/C=N\n2c(CCc3ccccc3)n[nH]c2=S)c(OC)c1. The Morgan fingerprint density at radius 3 is 2.65 bits per heavy atom. The van der Waals surface area contributed by atoms with E-state index in [0.717, 1.165) is 30.0 Å². The van der Waals surface area contributed by atoms with E-state index in [1.54, 1.807) is 25.1 Å². The molecule has 3 aromatic rings. The highest BCUT2D eigenvalue weighted by molar-refractivity contribution is 7.71. The normalized spacial score (nSPS) is 11.0. The number of hydrogen-bond donors (Lipinski definition) is 1. The summed E-state index contributed by atoms with van der Waals surface area (Å²) in [6.45, 7) is 0. The third-order valence-corrected chi connectivity index (χ3v) is 4.21. The van der Waals surface area contributed by atoms with Crippen LogP contribution in [0.25, 0.3) is 0 Å². The number of rotatable bonds is 7. The average Bonchev–Trinajstić information content (AvgIpc) is 3.05. The maximum atomic E-state index is 5.39. The fourth-order valence-electron chi connectivity index (χ4n) is 2.55. The number of hydrogen-bond acceptors (Lipinski definition) is 5. The largest absolute Gasteiger partial charge is 0.497 e. The van der Waals surface area contributed by atoms with E-state index < -0.39 is 0 Å². The molecule has 0 atom stereocenters. The molecule has 1 N–H and O–H groups in total. The van der Waals surface area contributed by atoms with Crippen LogP contribution in [0.2, 0.25) is 0 Å². The molecule has 3 rings (SSSR count). The van der Waals surface area contributed by atoms with Gasteiger partial charge in [0, 0.05) is 18.1 Å². The Morgan fingerprint density at radius 2 is 1.92 bits per heavy atom. The number of aryl methyl sites for hydroxylation is 2. The lowest BCUT2D eigenvalue weighted by Gasteiger charge is -2.07. The van der Waals surface area contributed by atoms with Crippen molar-refractivity contribution in [2.45, 2.75) is 12.8 Å². The Kier molecular flexibility index (Phi) is 5.80. The van der Waals surface area contributed by atoms with E-state index >= 15 is 0 Å². The minimum atomic E-state index is 0.455. The van der Waals surface area contributed by atoms with E-state index in [1.807, 2.05) is 36.4 Å². The molecule has 0 saturated heterocycles. The third kappa shape index (κ3) is 4.18. The maximum Gasteiger partial charge on any atom is 0.216 e. The zero-order chi connectivity index (χ0) is 18.4. The van der Waals surface area contributed by atoms with Gasteiger partial charge in [0.25, 0.3) is 0 Å². The van der Waals surface area contributed by atoms with Gasteiger partial charge >= 0.3 is 0 Å². The number of methoxy groups -OCH3 is 2. The lowest BCUT2D eigenvalue weighted by Crippen LogP contribution is -2.02. The second kappa shape index (κ2) is 8.44. The van der Waals surface area contributed by atoms with Gasteiger partial charge in [-0.2, -0.15) is 14.9 Å². The molecule has 1 heterocycles. The van der Waals surface area contributed by atoms with Gasteiger partial charge in [-0.3, -0.25) is 5.10 Å². The minimum absolute atomic E-state index is 0.455. The van der Waals surface area contributed by atoms with Crippen molar-refractivity contribution in [2.24, 2.45) is 5.10 Å². The molecule has 2 aromatic carbocycles. The summed E-state index contributed by atoms with van der Waals surface area (Å²) in [6, 6.07) is 15.8. The van der Waals surface area contributed by atoms with Crippen molar-refractivity contribution in [1.82, 2.24) is 14.9 Å². The third-order valence-electron chi connectivity index (χ3n) is 3.95. The van der Waals surface area contributed by atoms with Gasteiger partial charge in [-0.25, -0.2) is 0 Å². The molecule has 0 amide bonds. The lowest BCUT2D eigenvalue weighted by atomic mass is 10.1. The van der Waals surface area contributed by atoms with Gasteiger partial charge in [0.2, 0.25) is 4.77 Å². The highest BCUT2D eigenvalue weighted by Gasteiger charge is 2.07. The molecule has 0 fully saturated rings. The first-order chi connectivity index (χ1) is 12.7. The van der Waals surface area contributed by atoms with Crippen molar-refractivity contribution < 1.29 is 9.47 Å². The van der Waals surface area contributed by atoms with Gasteiger partial charge in [-0.1, -0.05) is 30.3 Å². The Bertz CT molecular complexity index is 948. The summed E-state index contributed by atoms with van der Waals surface area (Å²) >= 11 is 5.30. The van der Waals surface area contributed by atoms with Gasteiger partial charge in [-0.05, 0) is 36.3 Å². The predicted octanol–water partition coefficient (Wildman–Crippen LogP) is 3.63. The fourth-order valence-corrected chi connectivity index (χ4v) is 2.75. The summed E-state index contributed by atoms with van der Waals surface area (Å²) in [7, 11) is 3.23. The second-order valence-electron chi connectivity index (χ2n) is 5.59. The molecular formula is C19H20N4O2S. The predicted molar refractivity (Wildman–Crippen MR) is 104 cm³/mol. The average molecular weight is 368 g/mol. The van der Waals surface area contributed by atoms with Crippen LogP contribution in [0.1, 0.15) is 17.0 Å². The summed E-state index contributed by atoms with van der Waals surface area (Å²) in [5.41, 5.74) is 2.07. The maximum absolute atomic E-state index is 5.39. The first-order valence-corrected chi connectivity index (χ1v) is 8.58. The van der Waals surface area contributed by atoms with Crippen molar-refractivity contribution >= 4 is 18.4 Å². The molecule has 0 unspecified atom stereocenters. The number of aromatic amines is 1. The first kappa shape index (κ1) is 17.9. The van der Waals surface area contributed by atoms with Crippen LogP contribution in [0.5, 0.6) is 11.5 Å². The summed E-state index contributed by atoms with van der Waals surface area (Å²) in [4.78, 5) is 0. The van der Waals surface area contributed by atoms with Crippen LogP contribution >= 0.6 is 12.2 Å². The zero-order valence-electron chi connectivity index (χ0n) is 14.7. The molecule has 1 aromatic heterocycles. The minimum Gasteiger partial charge on any atom is -0.497 e. The van der Waals surface area contributed by atoms with E-state index in [4.69, 9.17) is 21.7 Å². The summed E-state index contributed by atoms with van der Waals surface area (Å²) < 4.78 is 12.7. The molecule has 6 nitrogen and oxygen atoms in total. The number of ether oxygens (including phenoxy) is 2. The lowest BCUT2D eigenvalue weighted by molar-refractivity contribution is 0.394. The molecule has 0 aliphatic carbocycles. The molecule has 0 aliphatic heterocycles. The van der Waals surface area contributed by atoms with Gasteiger partial charge in [0.1, 0.15) is 11.5 Å². The number of nitrogens with one attached hydrogen (secondary N) is 1. The quantitative estimate of drug-likeness (QED) is 0.511. The van der Waals surface area contributed by atoms with Crippen molar-refractivity contribution in [2.75, 3.05) is 14.2 Å². The number of H-pyrrole nitrogens is 1. The van der Waals surface area contributed by atoms with E-state index in [-0.39, 0.29) is 0 Å². The molecule has 0 bridgehead atoms. The van der Waals surface area contributed by atoms with Gasteiger partial charge in [0.15, 0.2) is 5.82 Å². The van der Waals surface area contributed by atoms with Crippen LogP contribution in [0.15, 0.2) is 53.6 Å². The van der Waals surface area contributed by atoms with Crippen molar-refractivity contribution in [1.29, 1.82) is 0 Å². The van der Waals surface area contributed by atoms with Gasteiger partial charge in [-0.15, -0.1) is 0 Å². The number of nitrogens with zero attached hydrogens (tertiary/aromatic N) is 3. The second-order valence-corrected chi connectivity index (χ2v) is 5.98. The summed E-state index contributed by atoms with van der Waals surface area (Å²) in [5.74, 6) is 2.18. The molecule has 26 heavy (non-hydrogen) atoms. The first-order valence-electron chi connectivity index (χ1n) is 8.18. The van der Waals surface area contributed by atoms with Crippen LogP contribution < -0.4 is 9.47 Å². The molecule has 7 heteroatoms. The van der Waals surface area contributed by atoms with Crippen LogP contribution in [0.3, 0.4) is 0 Å². The monoisotopic (exact) mass is 368 g/mol. The van der Waals surface area contributed by atoms with Gasteiger partial charge < -0.3 is 9.47 Å². The highest BCUT2D eigenvalue weighted by atomic mass is 32.1. The van der Waals surface area contributed by atoms with Crippen LogP contribution in [-0.4, -0.2) is 35.3 Å². The molecule has 0 aliphatic rings. The van der Waals surface area contributed by atoms with Crippen molar-refractivity contribution in [3.8, 4) is 11.5 Å². The summed E-state index contributed by atoms with van der Waals surface area (Å²) in [6.07, 6.45) is 3.30. The highest BCUT2D eigenvalue weighted by Crippen LogP contribution is 2.23. The molecule has 134 valence electrons. The zero-order valence-corrected chi connectivity index (χ0v) is 15.5. The van der Waals surface area contributed by atoms with Crippen molar-refractivity contribution in [3.05, 3.63) is 70.3 Å². The van der Waals surface area contributed by atoms with Crippen LogP contribution in [0.4, 0.5) is 0 Å².